The first kappa shape index (κ1) is 16.9. The van der Waals surface area contributed by atoms with Gasteiger partial charge in [0.1, 0.15) is 12.4 Å². The van der Waals surface area contributed by atoms with Gasteiger partial charge >= 0.3 is 0 Å². The number of hydrogen-bond donors (Lipinski definition) is 1. The van der Waals surface area contributed by atoms with Crippen LogP contribution in [0.4, 0.5) is 4.39 Å². The molecule has 0 saturated carbocycles. The van der Waals surface area contributed by atoms with Gasteiger partial charge in [0.2, 0.25) is 5.91 Å². The minimum Gasteiger partial charge on any atom is -0.375 e. The molecular weight excluding hydrogens is 321 g/mol. The molecule has 0 spiro atoms. The summed E-state index contributed by atoms with van der Waals surface area (Å²) in [5, 5.41) is 7.41. The lowest BCUT2D eigenvalue weighted by atomic mass is 10.1. The summed E-state index contributed by atoms with van der Waals surface area (Å²) in [6, 6.07) is 15.8. The third-order valence-electron chi connectivity index (χ3n) is 3.68. The molecule has 25 heavy (non-hydrogen) atoms. The molecule has 0 aliphatic rings. The molecule has 5 nitrogen and oxygen atoms in total. The number of methoxy groups -OCH3 is 1. The Morgan fingerprint density at radius 3 is 2.56 bits per heavy atom. The first-order valence-corrected chi connectivity index (χ1v) is 7.83. The summed E-state index contributed by atoms with van der Waals surface area (Å²) in [7, 11) is 1.47. The summed E-state index contributed by atoms with van der Waals surface area (Å²) in [5.41, 5.74) is 3.22. The Morgan fingerprint density at radius 1 is 1.16 bits per heavy atom. The smallest absolute Gasteiger partial charge is 0.246 e. The molecule has 0 aliphatic heterocycles. The molecule has 0 radical (unpaired) electrons. The van der Waals surface area contributed by atoms with E-state index in [1.165, 1.54) is 19.2 Å². The zero-order chi connectivity index (χ0) is 17.6. The fourth-order valence-electron chi connectivity index (χ4n) is 2.48. The number of nitrogens with zero attached hydrogens (tertiary/aromatic N) is 2. The van der Waals surface area contributed by atoms with Crippen molar-refractivity contribution in [3.8, 4) is 16.9 Å². The quantitative estimate of drug-likeness (QED) is 0.751. The molecule has 128 valence electrons. The summed E-state index contributed by atoms with van der Waals surface area (Å²) in [5.74, 6) is -0.513. The second-order valence-corrected chi connectivity index (χ2v) is 5.50. The van der Waals surface area contributed by atoms with Crippen LogP contribution in [-0.2, 0) is 16.1 Å². The van der Waals surface area contributed by atoms with E-state index in [1.807, 2.05) is 36.5 Å². The zero-order valence-corrected chi connectivity index (χ0v) is 13.8. The lowest BCUT2D eigenvalue weighted by molar-refractivity contribution is -0.124. The van der Waals surface area contributed by atoms with E-state index in [2.05, 4.69) is 10.4 Å². The molecular formula is C19H18FN3O2. The highest BCUT2D eigenvalue weighted by Gasteiger charge is 2.13. The highest BCUT2D eigenvalue weighted by molar-refractivity contribution is 5.77. The maximum absolute atomic E-state index is 13.2. The van der Waals surface area contributed by atoms with Crippen LogP contribution in [0.3, 0.4) is 0 Å². The van der Waals surface area contributed by atoms with Crippen LogP contribution in [0.5, 0.6) is 0 Å². The van der Waals surface area contributed by atoms with Crippen LogP contribution >= 0.6 is 0 Å². The minimum atomic E-state index is -0.304. The fraction of sp³-hybridized carbons (Fsp3) is 0.158. The number of rotatable bonds is 6. The van der Waals surface area contributed by atoms with E-state index in [4.69, 9.17) is 4.74 Å². The number of halogens is 1. The molecule has 1 heterocycles. The van der Waals surface area contributed by atoms with Crippen molar-refractivity contribution in [3.63, 3.8) is 0 Å². The van der Waals surface area contributed by atoms with Gasteiger partial charge in [-0.3, -0.25) is 4.79 Å². The second-order valence-electron chi connectivity index (χ2n) is 5.50. The average Bonchev–Trinajstić information content (AvgIpc) is 3.06. The molecule has 0 aliphatic carbocycles. The zero-order valence-electron chi connectivity index (χ0n) is 13.8. The summed E-state index contributed by atoms with van der Waals surface area (Å²) in [6.45, 7) is 0.306. The predicted octanol–water partition coefficient (Wildman–Crippen LogP) is 2.94. The molecule has 2 aromatic carbocycles. The van der Waals surface area contributed by atoms with Gasteiger partial charge < -0.3 is 10.1 Å². The molecule has 0 bridgehead atoms. The molecule has 1 amide bonds. The van der Waals surface area contributed by atoms with Crippen LogP contribution in [0.25, 0.3) is 16.9 Å². The molecule has 6 heteroatoms. The molecule has 0 atom stereocenters. The van der Waals surface area contributed by atoms with Gasteiger partial charge in [0.25, 0.3) is 0 Å². The van der Waals surface area contributed by atoms with Crippen molar-refractivity contribution in [2.45, 2.75) is 6.54 Å². The van der Waals surface area contributed by atoms with Gasteiger partial charge in [-0.1, -0.05) is 18.2 Å². The molecule has 0 fully saturated rings. The van der Waals surface area contributed by atoms with Crippen LogP contribution in [0, 0.1) is 5.82 Å². The van der Waals surface area contributed by atoms with Gasteiger partial charge in [-0.05, 0) is 36.4 Å². The lowest BCUT2D eigenvalue weighted by Crippen LogP contribution is -2.26. The number of hydrogen-bond acceptors (Lipinski definition) is 3. The Hall–Kier alpha value is -2.99. The van der Waals surface area contributed by atoms with Gasteiger partial charge in [-0.25, -0.2) is 9.07 Å². The normalized spacial score (nSPS) is 10.6. The number of benzene rings is 2. The summed E-state index contributed by atoms with van der Waals surface area (Å²) in [6.07, 6.45) is 1.86. The first-order chi connectivity index (χ1) is 12.2. The van der Waals surface area contributed by atoms with Gasteiger partial charge in [0, 0.05) is 31.0 Å². The molecule has 3 aromatic rings. The fourth-order valence-corrected chi connectivity index (χ4v) is 2.48. The Labute approximate surface area is 145 Å². The van der Waals surface area contributed by atoms with Crippen molar-refractivity contribution in [1.29, 1.82) is 0 Å². The summed E-state index contributed by atoms with van der Waals surface area (Å²) < 4.78 is 19.8. The van der Waals surface area contributed by atoms with E-state index < -0.39 is 0 Å². The molecule has 3 rings (SSSR count). The predicted molar refractivity (Wildman–Crippen MR) is 92.7 cm³/mol. The van der Waals surface area contributed by atoms with Gasteiger partial charge in [-0.2, -0.15) is 5.10 Å². The van der Waals surface area contributed by atoms with E-state index in [9.17, 15) is 9.18 Å². The lowest BCUT2D eigenvalue weighted by Gasteiger charge is -2.05. The van der Waals surface area contributed by atoms with Gasteiger partial charge in [-0.15, -0.1) is 0 Å². The summed E-state index contributed by atoms with van der Waals surface area (Å²) in [4.78, 5) is 11.7. The van der Waals surface area contributed by atoms with E-state index in [0.717, 1.165) is 16.8 Å². The average molecular weight is 339 g/mol. The van der Waals surface area contributed by atoms with Crippen LogP contribution in [-0.4, -0.2) is 29.4 Å². The largest absolute Gasteiger partial charge is 0.375 e. The highest BCUT2D eigenvalue weighted by atomic mass is 19.1. The van der Waals surface area contributed by atoms with Crippen molar-refractivity contribution in [1.82, 2.24) is 15.1 Å². The maximum Gasteiger partial charge on any atom is 0.246 e. The number of nitrogens with one attached hydrogen (secondary N) is 1. The van der Waals surface area contributed by atoms with Crippen molar-refractivity contribution < 1.29 is 13.9 Å². The Morgan fingerprint density at radius 2 is 1.88 bits per heavy atom. The third kappa shape index (κ3) is 4.10. The van der Waals surface area contributed by atoms with E-state index >= 15 is 0 Å². The van der Waals surface area contributed by atoms with Crippen molar-refractivity contribution in [2.24, 2.45) is 0 Å². The Kier molecular flexibility index (Phi) is 5.20. The molecule has 1 aromatic heterocycles. The summed E-state index contributed by atoms with van der Waals surface area (Å²) >= 11 is 0. The van der Waals surface area contributed by atoms with E-state index in [0.29, 0.717) is 12.2 Å². The minimum absolute atomic E-state index is 0.00129. The Bertz CT molecular complexity index is 845. The molecule has 0 saturated heterocycles. The van der Waals surface area contributed by atoms with Gasteiger partial charge in [0.05, 0.1) is 11.4 Å². The van der Waals surface area contributed by atoms with E-state index in [-0.39, 0.29) is 18.3 Å². The molecule has 0 unspecified atom stereocenters. The third-order valence-corrected chi connectivity index (χ3v) is 3.68. The second kappa shape index (κ2) is 7.72. The van der Waals surface area contributed by atoms with Crippen molar-refractivity contribution in [3.05, 3.63) is 72.2 Å². The number of aromatic nitrogens is 2. The number of carbonyl (C=O) groups excluding carboxylic acids is 1. The number of carbonyl (C=O) groups is 1. The van der Waals surface area contributed by atoms with E-state index in [1.54, 1.807) is 16.8 Å². The number of para-hydroxylation sites is 1. The van der Waals surface area contributed by atoms with Crippen LogP contribution < -0.4 is 5.32 Å². The van der Waals surface area contributed by atoms with Crippen LogP contribution in [0.2, 0.25) is 0 Å². The highest BCUT2D eigenvalue weighted by Crippen LogP contribution is 2.24. The maximum atomic E-state index is 13.2. The topological polar surface area (TPSA) is 56.1 Å². The van der Waals surface area contributed by atoms with Crippen LogP contribution in [0.15, 0.2) is 60.8 Å². The van der Waals surface area contributed by atoms with Crippen molar-refractivity contribution >= 4 is 5.91 Å². The molecule has 1 N–H and O–H groups in total. The van der Waals surface area contributed by atoms with Crippen LogP contribution in [0.1, 0.15) is 5.56 Å². The first-order valence-electron chi connectivity index (χ1n) is 7.83. The standard InChI is InChI=1S/C19H18FN3O2/c1-25-13-18(24)21-11-15-12-23(17-5-3-2-4-6-17)22-19(15)14-7-9-16(20)10-8-14/h2-10,12H,11,13H2,1H3,(H,21,24). The van der Waals surface area contributed by atoms with Crippen molar-refractivity contribution in [2.75, 3.05) is 13.7 Å². The number of amides is 1. The number of ether oxygens (including phenoxy) is 1. The SMILES string of the molecule is COCC(=O)NCc1cn(-c2ccccc2)nc1-c1ccc(F)cc1. The Balaban J connectivity index is 1.94. The van der Waals surface area contributed by atoms with Gasteiger partial charge in [0.15, 0.2) is 0 Å². The monoisotopic (exact) mass is 339 g/mol.